The highest BCUT2D eigenvalue weighted by Gasteiger charge is 2.32. The highest BCUT2D eigenvalue weighted by Crippen LogP contribution is 2.30. The minimum atomic E-state index is -1.19. The molecule has 126 valence electrons. The van der Waals surface area contributed by atoms with Crippen LogP contribution >= 0.6 is 0 Å². The Morgan fingerprint density at radius 3 is 1.57 bits per heavy atom. The quantitative estimate of drug-likeness (QED) is 0.246. The minimum absolute atomic E-state index is 1.06. The second kappa shape index (κ2) is 12.7. The average molecular weight is 313 g/mol. The first-order valence-corrected chi connectivity index (χ1v) is 12.7. The van der Waals surface area contributed by atoms with Crippen LogP contribution in [-0.2, 0) is 4.43 Å². The highest BCUT2D eigenvalue weighted by atomic mass is 28.4. The van der Waals surface area contributed by atoms with E-state index >= 15 is 0 Å². The van der Waals surface area contributed by atoms with E-state index in [1.165, 1.54) is 102 Å². The van der Waals surface area contributed by atoms with Gasteiger partial charge in [0.2, 0.25) is 0 Å². The van der Waals surface area contributed by atoms with Gasteiger partial charge in [0.05, 0.1) is 0 Å². The van der Waals surface area contributed by atoms with Crippen molar-refractivity contribution in [3.8, 4) is 0 Å². The topological polar surface area (TPSA) is 9.23 Å². The van der Waals surface area contributed by atoms with Crippen molar-refractivity contribution in [2.24, 2.45) is 0 Å². The summed E-state index contributed by atoms with van der Waals surface area (Å²) < 4.78 is 6.22. The van der Waals surface area contributed by atoms with E-state index in [0.717, 1.165) is 6.61 Å². The van der Waals surface area contributed by atoms with E-state index < -0.39 is 8.32 Å². The van der Waals surface area contributed by atoms with Gasteiger partial charge in [-0.2, -0.15) is 0 Å². The minimum Gasteiger partial charge on any atom is -0.417 e. The first-order chi connectivity index (χ1) is 10.3. The lowest BCUT2D eigenvalue weighted by molar-refractivity contribution is 0.293. The molecule has 0 aromatic carbocycles. The summed E-state index contributed by atoms with van der Waals surface area (Å²) in [5.74, 6) is 0. The average Bonchev–Trinajstić information content (AvgIpc) is 2.91. The van der Waals surface area contributed by atoms with Crippen LogP contribution in [0.2, 0.25) is 18.6 Å². The summed E-state index contributed by atoms with van der Waals surface area (Å²) in [6.07, 6.45) is 20.0. The zero-order valence-electron chi connectivity index (χ0n) is 14.9. The largest absolute Gasteiger partial charge is 0.417 e. The Hall–Kier alpha value is 0.177. The molecule has 1 aliphatic heterocycles. The van der Waals surface area contributed by atoms with Crippen LogP contribution in [0.4, 0.5) is 0 Å². The predicted octanol–water partition coefficient (Wildman–Crippen LogP) is 7.07. The van der Waals surface area contributed by atoms with Crippen molar-refractivity contribution in [3.05, 3.63) is 0 Å². The molecule has 2 heteroatoms. The molecule has 1 saturated heterocycles. The molecular formula is C19H40OSi. The molecule has 0 amide bonds. The third-order valence-electron chi connectivity index (χ3n) is 5.11. The molecule has 1 rings (SSSR count). The molecule has 1 heterocycles. The molecule has 0 aliphatic carbocycles. The first-order valence-electron chi connectivity index (χ1n) is 9.91. The van der Waals surface area contributed by atoms with Gasteiger partial charge >= 0.3 is 0 Å². The summed E-state index contributed by atoms with van der Waals surface area (Å²) >= 11 is 0. The molecule has 1 fully saturated rings. The van der Waals surface area contributed by atoms with Crippen molar-refractivity contribution >= 4 is 8.32 Å². The Bertz CT molecular complexity index is 224. The van der Waals surface area contributed by atoms with Gasteiger partial charge in [-0.05, 0) is 25.1 Å². The molecule has 0 aromatic heterocycles. The monoisotopic (exact) mass is 312 g/mol. The molecule has 0 aromatic rings. The number of unbranched alkanes of at least 4 members (excludes halogenated alkanes) is 11. The van der Waals surface area contributed by atoms with E-state index in [-0.39, 0.29) is 0 Å². The summed E-state index contributed by atoms with van der Waals surface area (Å²) in [5, 5.41) is 0. The van der Waals surface area contributed by atoms with Crippen molar-refractivity contribution in [2.45, 2.75) is 115 Å². The van der Waals surface area contributed by atoms with Crippen LogP contribution in [-0.4, -0.2) is 14.9 Å². The van der Waals surface area contributed by atoms with Gasteiger partial charge in [-0.25, -0.2) is 0 Å². The molecule has 0 saturated carbocycles. The zero-order valence-corrected chi connectivity index (χ0v) is 15.9. The Kier molecular flexibility index (Phi) is 11.6. The van der Waals surface area contributed by atoms with Gasteiger partial charge in [-0.1, -0.05) is 90.4 Å². The van der Waals surface area contributed by atoms with Crippen LogP contribution in [0.3, 0.4) is 0 Å². The van der Waals surface area contributed by atoms with E-state index in [9.17, 15) is 0 Å². The Morgan fingerprint density at radius 2 is 1.10 bits per heavy atom. The first kappa shape index (κ1) is 19.2. The van der Waals surface area contributed by atoms with E-state index in [1.54, 1.807) is 0 Å². The van der Waals surface area contributed by atoms with Crippen LogP contribution in [0.1, 0.15) is 96.8 Å². The lowest BCUT2D eigenvalue weighted by Gasteiger charge is -2.21. The molecular weight excluding hydrogens is 272 g/mol. The van der Waals surface area contributed by atoms with Crippen LogP contribution in [0.5, 0.6) is 0 Å². The van der Waals surface area contributed by atoms with E-state index in [1.807, 2.05) is 0 Å². The van der Waals surface area contributed by atoms with E-state index in [0.29, 0.717) is 0 Å². The fraction of sp³-hybridized carbons (Fsp3) is 1.00. The van der Waals surface area contributed by atoms with Crippen LogP contribution < -0.4 is 0 Å². The third kappa shape index (κ3) is 10.5. The van der Waals surface area contributed by atoms with Gasteiger partial charge < -0.3 is 4.43 Å². The van der Waals surface area contributed by atoms with E-state index in [2.05, 4.69) is 13.5 Å². The van der Waals surface area contributed by atoms with Crippen molar-refractivity contribution in [2.75, 3.05) is 6.61 Å². The van der Waals surface area contributed by atoms with Crippen LogP contribution in [0, 0.1) is 0 Å². The zero-order chi connectivity index (χ0) is 15.2. The summed E-state index contributed by atoms with van der Waals surface area (Å²) in [4.78, 5) is 0. The summed E-state index contributed by atoms with van der Waals surface area (Å²) in [6.45, 7) is 5.79. The maximum Gasteiger partial charge on any atom is 0.189 e. The smallest absolute Gasteiger partial charge is 0.189 e. The molecule has 0 bridgehead atoms. The van der Waals surface area contributed by atoms with Crippen molar-refractivity contribution in [1.82, 2.24) is 0 Å². The SMILES string of the molecule is CCCCCCCCCCCCCCO[Si]1(C)CCCC1. The number of hydrogen-bond acceptors (Lipinski definition) is 1. The lowest BCUT2D eigenvalue weighted by atomic mass is 10.1. The van der Waals surface area contributed by atoms with Gasteiger partial charge in [-0.15, -0.1) is 0 Å². The van der Waals surface area contributed by atoms with Crippen molar-refractivity contribution < 1.29 is 4.43 Å². The molecule has 0 radical (unpaired) electrons. The molecule has 0 spiro atoms. The molecule has 0 unspecified atom stereocenters. The predicted molar refractivity (Wildman–Crippen MR) is 97.5 cm³/mol. The van der Waals surface area contributed by atoms with Gasteiger partial charge in [0.25, 0.3) is 0 Å². The van der Waals surface area contributed by atoms with E-state index in [4.69, 9.17) is 4.43 Å². The van der Waals surface area contributed by atoms with Crippen molar-refractivity contribution in [1.29, 1.82) is 0 Å². The van der Waals surface area contributed by atoms with Crippen molar-refractivity contribution in [3.63, 3.8) is 0 Å². The molecule has 21 heavy (non-hydrogen) atoms. The molecule has 0 atom stereocenters. The van der Waals surface area contributed by atoms with Crippen LogP contribution in [0.15, 0.2) is 0 Å². The highest BCUT2D eigenvalue weighted by molar-refractivity contribution is 6.73. The fourth-order valence-corrected chi connectivity index (χ4v) is 6.70. The number of hydrogen-bond donors (Lipinski definition) is 0. The number of rotatable bonds is 14. The van der Waals surface area contributed by atoms with Gasteiger partial charge in [0.15, 0.2) is 8.32 Å². The summed E-state index contributed by atoms with van der Waals surface area (Å²) in [6, 6.07) is 2.84. The maximum atomic E-state index is 6.22. The van der Waals surface area contributed by atoms with Gasteiger partial charge in [0, 0.05) is 6.61 Å². The maximum absolute atomic E-state index is 6.22. The Labute approximate surface area is 135 Å². The lowest BCUT2D eigenvalue weighted by Crippen LogP contribution is -2.30. The summed E-state index contributed by atoms with van der Waals surface area (Å²) in [5.41, 5.74) is 0. The molecule has 1 aliphatic rings. The standard InChI is InChI=1S/C19H40OSi/c1-3-4-5-6-7-8-9-10-11-12-13-14-17-20-21(2)18-15-16-19-21/h3-19H2,1-2H3. The third-order valence-corrected chi connectivity index (χ3v) is 8.83. The Morgan fingerprint density at radius 1 is 0.667 bits per heavy atom. The second-order valence-corrected chi connectivity index (χ2v) is 11.6. The van der Waals surface area contributed by atoms with Gasteiger partial charge in [-0.3, -0.25) is 0 Å². The molecule has 0 N–H and O–H groups in total. The van der Waals surface area contributed by atoms with Gasteiger partial charge in [0.1, 0.15) is 0 Å². The summed E-state index contributed by atoms with van der Waals surface area (Å²) in [7, 11) is -1.19. The van der Waals surface area contributed by atoms with Crippen LogP contribution in [0.25, 0.3) is 0 Å². The normalized spacial score (nSPS) is 17.4. The second-order valence-electron chi connectivity index (χ2n) is 7.39. The Balaban J connectivity index is 1.73. The fourth-order valence-electron chi connectivity index (χ4n) is 3.53. The molecule has 1 nitrogen and oxygen atoms in total.